The molecule has 0 radical (unpaired) electrons. The van der Waals surface area contributed by atoms with Gasteiger partial charge >= 0.3 is 6.03 Å². The Bertz CT molecular complexity index is 539. The van der Waals surface area contributed by atoms with Crippen LogP contribution in [-0.2, 0) is 0 Å². The molecule has 0 bridgehead atoms. The van der Waals surface area contributed by atoms with Crippen molar-refractivity contribution in [3.8, 4) is 5.75 Å². The molecule has 0 aliphatic heterocycles. The summed E-state index contributed by atoms with van der Waals surface area (Å²) in [6.07, 6.45) is 3.17. The maximum absolute atomic E-state index is 12.1. The minimum absolute atomic E-state index is 0.0424. The second-order valence-corrected chi connectivity index (χ2v) is 5.09. The number of anilines is 1. The number of carbonyl (C=O) groups is 1. The lowest BCUT2D eigenvalue weighted by Crippen LogP contribution is -2.56. The van der Waals surface area contributed by atoms with Gasteiger partial charge in [0.05, 0.1) is 7.11 Å². The molecule has 0 unspecified atom stereocenters. The zero-order valence-electron chi connectivity index (χ0n) is 11.9. The standard InChI is InChI=1S/C14H20N4O3/c1-21-11-6-4-5-10(9-11)16-13(19)17-14(12(15)18-20)7-2-3-8-14/h4-6,9,20H,2-3,7-8H2,1H3,(H2,15,18)(H2,16,17,19). The van der Waals surface area contributed by atoms with Crippen LogP contribution in [0.3, 0.4) is 0 Å². The summed E-state index contributed by atoms with van der Waals surface area (Å²) in [5.41, 5.74) is 5.58. The van der Waals surface area contributed by atoms with Gasteiger partial charge in [-0.2, -0.15) is 0 Å². The molecule has 114 valence electrons. The smallest absolute Gasteiger partial charge is 0.320 e. The molecule has 1 saturated carbocycles. The number of nitrogens with two attached hydrogens (primary N) is 1. The van der Waals surface area contributed by atoms with Crippen LogP contribution in [0.5, 0.6) is 5.75 Å². The Morgan fingerprint density at radius 3 is 2.76 bits per heavy atom. The molecular formula is C14H20N4O3. The molecule has 7 nitrogen and oxygen atoms in total. The fourth-order valence-electron chi connectivity index (χ4n) is 2.60. The summed E-state index contributed by atoms with van der Waals surface area (Å²) in [5, 5.41) is 17.5. The third kappa shape index (κ3) is 3.36. The first kappa shape index (κ1) is 15.0. The van der Waals surface area contributed by atoms with E-state index >= 15 is 0 Å². The number of oxime groups is 1. The molecule has 1 aliphatic carbocycles. The molecule has 21 heavy (non-hydrogen) atoms. The third-order valence-corrected chi connectivity index (χ3v) is 3.74. The second-order valence-electron chi connectivity index (χ2n) is 5.09. The summed E-state index contributed by atoms with van der Waals surface area (Å²) in [5.74, 6) is 0.695. The Balaban J connectivity index is 2.06. The number of nitrogens with one attached hydrogen (secondary N) is 2. The number of ether oxygens (including phenoxy) is 1. The van der Waals surface area contributed by atoms with Crippen molar-refractivity contribution < 1.29 is 14.7 Å². The van der Waals surface area contributed by atoms with E-state index in [1.165, 1.54) is 0 Å². The molecule has 2 amide bonds. The van der Waals surface area contributed by atoms with Crippen LogP contribution in [0, 0.1) is 0 Å². The minimum Gasteiger partial charge on any atom is -0.497 e. The van der Waals surface area contributed by atoms with Crippen molar-refractivity contribution in [1.82, 2.24) is 5.32 Å². The minimum atomic E-state index is -0.766. The van der Waals surface area contributed by atoms with Gasteiger partial charge in [-0.25, -0.2) is 4.79 Å². The van der Waals surface area contributed by atoms with Gasteiger partial charge in [-0.05, 0) is 25.0 Å². The second kappa shape index (κ2) is 6.34. The van der Waals surface area contributed by atoms with Gasteiger partial charge in [-0.1, -0.05) is 24.1 Å². The molecule has 0 aromatic heterocycles. The zero-order valence-corrected chi connectivity index (χ0v) is 11.9. The van der Waals surface area contributed by atoms with E-state index in [1.807, 2.05) is 0 Å². The number of hydrogen-bond acceptors (Lipinski definition) is 4. The van der Waals surface area contributed by atoms with Gasteiger partial charge in [0.25, 0.3) is 0 Å². The van der Waals surface area contributed by atoms with Crippen molar-refractivity contribution in [3.05, 3.63) is 24.3 Å². The fraction of sp³-hybridized carbons (Fsp3) is 0.429. The Kier molecular flexibility index (Phi) is 4.52. The molecule has 5 N–H and O–H groups in total. The first-order valence-corrected chi connectivity index (χ1v) is 6.81. The summed E-state index contributed by atoms with van der Waals surface area (Å²) >= 11 is 0. The molecule has 7 heteroatoms. The highest BCUT2D eigenvalue weighted by atomic mass is 16.5. The third-order valence-electron chi connectivity index (χ3n) is 3.74. The van der Waals surface area contributed by atoms with Crippen LogP contribution in [0.2, 0.25) is 0 Å². The Labute approximate surface area is 123 Å². The summed E-state index contributed by atoms with van der Waals surface area (Å²) in [6, 6.07) is 6.65. The predicted octanol–water partition coefficient (Wildman–Crippen LogP) is 1.88. The quantitative estimate of drug-likeness (QED) is 0.294. The van der Waals surface area contributed by atoms with E-state index in [9.17, 15) is 4.79 Å². The van der Waals surface area contributed by atoms with Crippen molar-refractivity contribution in [2.24, 2.45) is 10.9 Å². The van der Waals surface area contributed by atoms with Crippen LogP contribution < -0.4 is 21.1 Å². The average molecular weight is 292 g/mol. The number of hydrogen-bond donors (Lipinski definition) is 4. The van der Waals surface area contributed by atoms with E-state index in [2.05, 4.69) is 15.8 Å². The highest BCUT2D eigenvalue weighted by molar-refractivity contribution is 5.97. The van der Waals surface area contributed by atoms with Crippen molar-refractivity contribution in [2.45, 2.75) is 31.2 Å². The lowest BCUT2D eigenvalue weighted by molar-refractivity contribution is 0.243. The summed E-state index contributed by atoms with van der Waals surface area (Å²) < 4.78 is 5.10. The number of methoxy groups -OCH3 is 1. The molecule has 1 aromatic carbocycles. The predicted molar refractivity (Wildman–Crippen MR) is 79.8 cm³/mol. The molecule has 0 spiro atoms. The van der Waals surface area contributed by atoms with Gasteiger partial charge in [0, 0.05) is 11.8 Å². The first-order chi connectivity index (χ1) is 10.1. The maximum Gasteiger partial charge on any atom is 0.320 e. The van der Waals surface area contributed by atoms with Crippen LogP contribution in [-0.4, -0.2) is 29.7 Å². The van der Waals surface area contributed by atoms with E-state index in [4.69, 9.17) is 15.7 Å². The van der Waals surface area contributed by atoms with E-state index in [1.54, 1.807) is 31.4 Å². The molecule has 0 atom stereocenters. The van der Waals surface area contributed by atoms with E-state index in [0.29, 0.717) is 24.3 Å². The number of benzene rings is 1. The van der Waals surface area contributed by atoms with Crippen LogP contribution in [0.25, 0.3) is 0 Å². The molecule has 1 aliphatic rings. The number of urea groups is 1. The van der Waals surface area contributed by atoms with Crippen molar-refractivity contribution in [2.75, 3.05) is 12.4 Å². The number of nitrogens with zero attached hydrogens (tertiary/aromatic N) is 1. The van der Waals surface area contributed by atoms with E-state index < -0.39 is 11.6 Å². The number of carbonyl (C=O) groups excluding carboxylic acids is 1. The van der Waals surface area contributed by atoms with Crippen molar-refractivity contribution in [1.29, 1.82) is 0 Å². The van der Waals surface area contributed by atoms with E-state index in [0.717, 1.165) is 12.8 Å². The Morgan fingerprint density at radius 1 is 1.43 bits per heavy atom. The summed E-state index contributed by atoms with van der Waals surface area (Å²) in [4.78, 5) is 12.1. The summed E-state index contributed by atoms with van der Waals surface area (Å²) in [6.45, 7) is 0. The first-order valence-electron chi connectivity index (χ1n) is 6.81. The molecule has 0 saturated heterocycles. The number of amidine groups is 1. The molecule has 1 fully saturated rings. The fourth-order valence-corrected chi connectivity index (χ4v) is 2.60. The van der Waals surface area contributed by atoms with Gasteiger partial charge in [0.15, 0.2) is 5.84 Å². The van der Waals surface area contributed by atoms with Crippen molar-refractivity contribution in [3.63, 3.8) is 0 Å². The molecular weight excluding hydrogens is 272 g/mol. The summed E-state index contributed by atoms with van der Waals surface area (Å²) in [7, 11) is 1.56. The average Bonchev–Trinajstić information content (AvgIpc) is 2.96. The van der Waals surface area contributed by atoms with Crippen LogP contribution in [0.15, 0.2) is 29.4 Å². The van der Waals surface area contributed by atoms with E-state index in [-0.39, 0.29) is 5.84 Å². The van der Waals surface area contributed by atoms with Crippen LogP contribution in [0.1, 0.15) is 25.7 Å². The van der Waals surface area contributed by atoms with Gasteiger partial charge in [0.1, 0.15) is 11.3 Å². The SMILES string of the molecule is COc1cccc(NC(=O)NC2(/C(N)=N/O)CCCC2)c1. The molecule has 1 aromatic rings. The van der Waals surface area contributed by atoms with Gasteiger partial charge in [-0.3, -0.25) is 0 Å². The highest BCUT2D eigenvalue weighted by Crippen LogP contribution is 2.30. The zero-order chi connectivity index (χ0) is 15.3. The topological polar surface area (TPSA) is 109 Å². The number of amides is 2. The van der Waals surface area contributed by atoms with Crippen molar-refractivity contribution >= 4 is 17.6 Å². The van der Waals surface area contributed by atoms with Crippen LogP contribution >= 0.6 is 0 Å². The molecule has 0 heterocycles. The monoisotopic (exact) mass is 292 g/mol. The Hall–Kier alpha value is -2.44. The molecule has 2 rings (SSSR count). The normalized spacial score (nSPS) is 17.3. The lowest BCUT2D eigenvalue weighted by atomic mass is 9.96. The Morgan fingerprint density at radius 2 is 2.14 bits per heavy atom. The largest absolute Gasteiger partial charge is 0.497 e. The maximum atomic E-state index is 12.1. The highest BCUT2D eigenvalue weighted by Gasteiger charge is 2.39. The van der Waals surface area contributed by atoms with Gasteiger partial charge in [-0.15, -0.1) is 0 Å². The van der Waals surface area contributed by atoms with Gasteiger partial charge < -0.3 is 26.3 Å². The van der Waals surface area contributed by atoms with Gasteiger partial charge in [0.2, 0.25) is 0 Å². The number of rotatable bonds is 4. The van der Waals surface area contributed by atoms with Crippen LogP contribution in [0.4, 0.5) is 10.5 Å². The lowest BCUT2D eigenvalue weighted by Gasteiger charge is -2.28.